The molecule has 1 aliphatic rings. The first kappa shape index (κ1) is 20.6. The van der Waals surface area contributed by atoms with E-state index in [1.807, 2.05) is 0 Å². The lowest BCUT2D eigenvalue weighted by Gasteiger charge is -2.27. The summed E-state index contributed by atoms with van der Waals surface area (Å²) in [4.78, 5) is 16.7. The number of aromatic nitrogens is 3. The summed E-state index contributed by atoms with van der Waals surface area (Å²) in [6.07, 6.45) is 7.12. The third-order valence-electron chi connectivity index (χ3n) is 5.66. The first-order chi connectivity index (χ1) is 14.3. The largest absolute Gasteiger partial charge is 0.490 e. The molecule has 0 atom stereocenters. The van der Waals surface area contributed by atoms with Crippen molar-refractivity contribution in [1.82, 2.24) is 14.0 Å². The number of ether oxygens (including phenoxy) is 1. The lowest BCUT2D eigenvalue weighted by atomic mass is 9.95. The second-order valence-electron chi connectivity index (χ2n) is 7.69. The zero-order valence-electron chi connectivity index (χ0n) is 17.0. The normalized spacial score (nSPS) is 19.8. The molecule has 3 aromatic rings. The number of benzene rings is 1. The van der Waals surface area contributed by atoms with Crippen LogP contribution in [0, 0.1) is 0 Å². The van der Waals surface area contributed by atoms with Gasteiger partial charge in [0.25, 0.3) is 5.56 Å². The van der Waals surface area contributed by atoms with E-state index in [0.29, 0.717) is 35.4 Å². The van der Waals surface area contributed by atoms with Gasteiger partial charge in [-0.15, -0.1) is 0 Å². The first-order valence-electron chi connectivity index (χ1n) is 10.0. The van der Waals surface area contributed by atoms with Gasteiger partial charge in [0, 0.05) is 18.8 Å². The van der Waals surface area contributed by atoms with Gasteiger partial charge in [-0.25, -0.2) is 13.4 Å². The molecule has 1 aliphatic carbocycles. The van der Waals surface area contributed by atoms with E-state index in [0.717, 1.165) is 12.8 Å². The van der Waals surface area contributed by atoms with Gasteiger partial charge in [-0.05, 0) is 43.9 Å². The van der Waals surface area contributed by atoms with Gasteiger partial charge in [0.2, 0.25) is 0 Å². The molecular weight excluding hydrogens is 406 g/mol. The highest BCUT2D eigenvalue weighted by Gasteiger charge is 2.24. The smallest absolute Gasteiger partial charge is 0.276 e. The van der Waals surface area contributed by atoms with Crippen LogP contribution < -0.4 is 10.3 Å². The van der Waals surface area contributed by atoms with Crippen molar-refractivity contribution < 1.29 is 18.3 Å². The Bertz CT molecular complexity index is 1240. The van der Waals surface area contributed by atoms with Crippen molar-refractivity contribution in [3.8, 4) is 17.0 Å². The molecule has 4 rings (SSSR count). The summed E-state index contributed by atoms with van der Waals surface area (Å²) in [6, 6.07) is 4.84. The van der Waals surface area contributed by atoms with Crippen LogP contribution in [0.15, 0.2) is 46.6 Å². The van der Waals surface area contributed by atoms with Crippen LogP contribution in [0.3, 0.4) is 0 Å². The second-order valence-corrected chi connectivity index (χ2v) is 9.97. The Morgan fingerprint density at radius 2 is 1.97 bits per heavy atom. The van der Waals surface area contributed by atoms with Gasteiger partial charge in [-0.1, -0.05) is 6.92 Å². The molecule has 0 radical (unpaired) electrons. The van der Waals surface area contributed by atoms with Crippen molar-refractivity contribution >= 4 is 15.4 Å². The number of hydrogen-bond acceptors (Lipinski definition) is 6. The lowest BCUT2D eigenvalue weighted by Crippen LogP contribution is -2.26. The summed E-state index contributed by atoms with van der Waals surface area (Å²) >= 11 is 0. The minimum absolute atomic E-state index is 0.0130. The third-order valence-corrected chi connectivity index (χ3v) is 7.39. The Morgan fingerprint density at radius 3 is 2.67 bits per heavy atom. The topological polar surface area (TPSA) is 103 Å². The molecular formula is C21H25N3O5S. The number of sulfone groups is 1. The van der Waals surface area contributed by atoms with Gasteiger partial charge < -0.3 is 14.4 Å². The Morgan fingerprint density at radius 1 is 1.23 bits per heavy atom. The van der Waals surface area contributed by atoms with Crippen molar-refractivity contribution in [2.24, 2.45) is 7.05 Å². The van der Waals surface area contributed by atoms with Crippen molar-refractivity contribution in [2.75, 3.05) is 5.75 Å². The summed E-state index contributed by atoms with van der Waals surface area (Å²) < 4.78 is 34.4. The van der Waals surface area contributed by atoms with Crippen molar-refractivity contribution in [3.63, 3.8) is 0 Å². The van der Waals surface area contributed by atoms with Gasteiger partial charge in [0.05, 0.1) is 41.1 Å². The second kappa shape index (κ2) is 7.88. The monoisotopic (exact) mass is 431 g/mol. The van der Waals surface area contributed by atoms with Gasteiger partial charge >= 0.3 is 0 Å². The van der Waals surface area contributed by atoms with Gasteiger partial charge in [-0.3, -0.25) is 9.20 Å². The summed E-state index contributed by atoms with van der Waals surface area (Å²) in [7, 11) is -1.78. The average Bonchev–Trinajstić information content (AvgIpc) is 3.23. The molecule has 0 aliphatic heterocycles. The van der Waals surface area contributed by atoms with Crippen LogP contribution in [0.1, 0.15) is 32.6 Å². The van der Waals surface area contributed by atoms with Crippen LogP contribution >= 0.6 is 0 Å². The Hall–Kier alpha value is -2.65. The molecule has 30 heavy (non-hydrogen) atoms. The predicted molar refractivity (Wildman–Crippen MR) is 112 cm³/mol. The first-order valence-corrected chi connectivity index (χ1v) is 11.7. The number of imidazole rings is 1. The van der Waals surface area contributed by atoms with Crippen LogP contribution in [0.5, 0.6) is 5.75 Å². The maximum Gasteiger partial charge on any atom is 0.276 e. The molecule has 1 aromatic carbocycles. The summed E-state index contributed by atoms with van der Waals surface area (Å²) in [5, 5.41) is 9.77. The van der Waals surface area contributed by atoms with E-state index in [4.69, 9.17) is 4.74 Å². The molecule has 0 saturated heterocycles. The van der Waals surface area contributed by atoms with Gasteiger partial charge in [0.15, 0.2) is 9.84 Å². The third kappa shape index (κ3) is 3.75. The fraction of sp³-hybridized carbons (Fsp3) is 0.429. The molecule has 0 bridgehead atoms. The minimum atomic E-state index is -3.43. The number of rotatable bonds is 5. The number of hydrogen-bond donors (Lipinski definition) is 1. The molecule has 1 saturated carbocycles. The molecule has 0 amide bonds. The van der Waals surface area contributed by atoms with Crippen molar-refractivity contribution in [1.29, 1.82) is 0 Å². The molecule has 2 heterocycles. The highest BCUT2D eigenvalue weighted by molar-refractivity contribution is 7.91. The van der Waals surface area contributed by atoms with Gasteiger partial charge in [-0.2, -0.15) is 0 Å². The quantitative estimate of drug-likeness (QED) is 0.664. The lowest BCUT2D eigenvalue weighted by molar-refractivity contribution is 0.0668. The van der Waals surface area contributed by atoms with Crippen LogP contribution in [-0.4, -0.2) is 45.4 Å². The number of nitrogens with zero attached hydrogens (tertiary/aromatic N) is 3. The maximum atomic E-state index is 12.5. The number of fused-ring (bicyclic) bond motifs is 1. The van der Waals surface area contributed by atoms with Crippen molar-refractivity contribution in [2.45, 2.75) is 49.7 Å². The molecule has 8 nitrogen and oxygen atoms in total. The molecule has 1 fully saturated rings. The van der Waals surface area contributed by atoms with E-state index >= 15 is 0 Å². The highest BCUT2D eigenvalue weighted by Crippen LogP contribution is 2.35. The van der Waals surface area contributed by atoms with Crippen LogP contribution in [-0.2, 0) is 16.9 Å². The fourth-order valence-corrected chi connectivity index (χ4v) is 4.75. The predicted octanol–water partition coefficient (Wildman–Crippen LogP) is 2.18. The van der Waals surface area contributed by atoms with E-state index in [2.05, 4.69) is 4.98 Å². The SMILES string of the molecule is CCS(=O)(=O)c1ccc(OC2CCC(O)CC2)c(-c2cn(C)c(=O)c3cncn23)c1. The van der Waals surface area contributed by atoms with E-state index < -0.39 is 9.84 Å². The number of aryl methyl sites for hydroxylation is 1. The summed E-state index contributed by atoms with van der Waals surface area (Å²) in [5.41, 5.74) is 1.39. The molecule has 160 valence electrons. The molecule has 1 N–H and O–H groups in total. The van der Waals surface area contributed by atoms with Crippen LogP contribution in [0.2, 0.25) is 0 Å². The average molecular weight is 432 g/mol. The molecule has 0 spiro atoms. The fourth-order valence-electron chi connectivity index (χ4n) is 3.84. The van der Waals surface area contributed by atoms with E-state index in [1.54, 1.807) is 42.8 Å². The standard InChI is InChI=1S/C21H25N3O5S/c1-3-30(27,28)16-8-9-20(29-15-6-4-14(25)5-7-15)17(10-16)19-12-23(2)21(26)18-11-22-13-24(18)19/h8-15,25H,3-7H2,1-2H3. The molecule has 2 aromatic heterocycles. The zero-order valence-corrected chi connectivity index (χ0v) is 17.8. The zero-order chi connectivity index (χ0) is 21.5. The van der Waals surface area contributed by atoms with E-state index in [1.165, 1.54) is 17.1 Å². The Balaban J connectivity index is 1.88. The van der Waals surface area contributed by atoms with Gasteiger partial charge in [0.1, 0.15) is 11.3 Å². The Kier molecular flexibility index (Phi) is 5.42. The summed E-state index contributed by atoms with van der Waals surface area (Å²) in [6.45, 7) is 1.60. The number of aliphatic hydroxyl groups is 1. The highest BCUT2D eigenvalue weighted by atomic mass is 32.2. The minimum Gasteiger partial charge on any atom is -0.490 e. The van der Waals surface area contributed by atoms with Crippen LogP contribution in [0.4, 0.5) is 0 Å². The van der Waals surface area contributed by atoms with E-state index in [-0.39, 0.29) is 28.4 Å². The molecule has 0 unspecified atom stereocenters. The molecule has 9 heteroatoms. The number of aliphatic hydroxyl groups excluding tert-OH is 1. The maximum absolute atomic E-state index is 12.5. The van der Waals surface area contributed by atoms with E-state index in [9.17, 15) is 18.3 Å². The van der Waals surface area contributed by atoms with Crippen LogP contribution in [0.25, 0.3) is 16.8 Å². The van der Waals surface area contributed by atoms with Crippen molar-refractivity contribution in [3.05, 3.63) is 47.3 Å². The Labute approximate surface area is 174 Å². The summed E-state index contributed by atoms with van der Waals surface area (Å²) in [5.74, 6) is 0.529.